The summed E-state index contributed by atoms with van der Waals surface area (Å²) >= 11 is 0. The van der Waals surface area contributed by atoms with Gasteiger partial charge in [0.1, 0.15) is 0 Å². The Morgan fingerprint density at radius 3 is 2.84 bits per heavy atom. The van der Waals surface area contributed by atoms with Crippen molar-refractivity contribution in [1.29, 1.82) is 0 Å². The van der Waals surface area contributed by atoms with E-state index in [1.165, 1.54) is 0 Å². The molecule has 0 fully saturated rings. The van der Waals surface area contributed by atoms with Crippen LogP contribution in [-0.4, -0.2) is 57.6 Å². The van der Waals surface area contributed by atoms with Crippen LogP contribution in [0, 0.1) is 5.92 Å². The smallest absolute Gasteiger partial charge is 0.234 e. The number of rotatable bonds is 9. The van der Waals surface area contributed by atoms with Crippen LogP contribution in [0.15, 0.2) is 0 Å². The van der Waals surface area contributed by atoms with Gasteiger partial charge in [0, 0.05) is 26.1 Å². The number of hydrogen-bond acceptors (Lipinski definition) is 5. The van der Waals surface area contributed by atoms with Crippen molar-refractivity contribution in [3.05, 3.63) is 5.82 Å². The summed E-state index contributed by atoms with van der Waals surface area (Å²) in [6, 6.07) is 0. The van der Waals surface area contributed by atoms with E-state index in [-0.39, 0.29) is 5.91 Å². The minimum atomic E-state index is 0.0793. The molecule has 0 atom stereocenters. The number of hydrogen-bond donors (Lipinski definition) is 2. The molecule has 0 saturated heterocycles. The molecule has 1 rings (SSSR count). The lowest BCUT2D eigenvalue weighted by atomic mass is 10.2. The molecule has 1 amide bonds. The van der Waals surface area contributed by atoms with E-state index in [0.29, 0.717) is 24.7 Å². The van der Waals surface area contributed by atoms with Gasteiger partial charge in [0.2, 0.25) is 5.91 Å². The van der Waals surface area contributed by atoms with Gasteiger partial charge in [-0.3, -0.25) is 9.69 Å². The molecule has 108 valence electrons. The molecule has 2 N–H and O–H groups in total. The highest BCUT2D eigenvalue weighted by molar-refractivity contribution is 5.77. The Kier molecular flexibility index (Phi) is 7.02. The SMILES string of the molecule is CCCNC(=O)CN(CCc1nn[nH]n1)CC(C)C. The Morgan fingerprint density at radius 1 is 1.47 bits per heavy atom. The number of aromatic nitrogens is 4. The summed E-state index contributed by atoms with van der Waals surface area (Å²) in [5.74, 6) is 1.28. The molecular weight excluding hydrogens is 244 g/mol. The average molecular weight is 268 g/mol. The van der Waals surface area contributed by atoms with Crippen LogP contribution in [0.2, 0.25) is 0 Å². The van der Waals surface area contributed by atoms with Crippen LogP contribution in [0.1, 0.15) is 33.0 Å². The summed E-state index contributed by atoms with van der Waals surface area (Å²) in [7, 11) is 0. The van der Waals surface area contributed by atoms with Gasteiger partial charge < -0.3 is 5.32 Å². The average Bonchev–Trinajstić information content (AvgIpc) is 2.86. The van der Waals surface area contributed by atoms with Gasteiger partial charge in [0.15, 0.2) is 5.82 Å². The van der Waals surface area contributed by atoms with E-state index in [1.807, 2.05) is 6.92 Å². The fourth-order valence-electron chi connectivity index (χ4n) is 1.82. The second-order valence-electron chi connectivity index (χ2n) is 5.06. The molecule has 1 aromatic rings. The monoisotopic (exact) mass is 268 g/mol. The van der Waals surface area contributed by atoms with E-state index in [4.69, 9.17) is 0 Å². The van der Waals surface area contributed by atoms with Crippen LogP contribution < -0.4 is 5.32 Å². The van der Waals surface area contributed by atoms with Gasteiger partial charge in [-0.15, -0.1) is 10.2 Å². The predicted octanol–water partition coefficient (Wildman–Crippen LogP) is 0.226. The first-order valence-corrected chi connectivity index (χ1v) is 6.83. The van der Waals surface area contributed by atoms with Crippen LogP contribution in [0.3, 0.4) is 0 Å². The third-order valence-corrected chi connectivity index (χ3v) is 2.60. The van der Waals surface area contributed by atoms with Crippen LogP contribution in [0.5, 0.6) is 0 Å². The second-order valence-corrected chi connectivity index (χ2v) is 5.06. The lowest BCUT2D eigenvalue weighted by Crippen LogP contribution is -2.40. The molecule has 19 heavy (non-hydrogen) atoms. The first-order chi connectivity index (χ1) is 9.11. The summed E-state index contributed by atoms with van der Waals surface area (Å²) in [6.07, 6.45) is 1.66. The number of carbonyl (C=O) groups excluding carboxylic acids is 1. The highest BCUT2D eigenvalue weighted by Crippen LogP contribution is 2.00. The van der Waals surface area contributed by atoms with Gasteiger partial charge in [-0.25, -0.2) is 0 Å². The van der Waals surface area contributed by atoms with Gasteiger partial charge in [-0.1, -0.05) is 26.0 Å². The number of carbonyl (C=O) groups is 1. The molecule has 0 saturated carbocycles. The zero-order valence-electron chi connectivity index (χ0n) is 12.0. The van der Waals surface area contributed by atoms with Gasteiger partial charge in [0.25, 0.3) is 0 Å². The molecule has 0 unspecified atom stereocenters. The fraction of sp³-hybridized carbons (Fsp3) is 0.833. The molecule has 1 heterocycles. The number of tetrazole rings is 1. The highest BCUT2D eigenvalue weighted by Gasteiger charge is 2.13. The zero-order chi connectivity index (χ0) is 14.1. The van der Waals surface area contributed by atoms with Crippen LogP contribution in [0.4, 0.5) is 0 Å². The van der Waals surface area contributed by atoms with Crippen molar-refractivity contribution >= 4 is 5.91 Å². The molecule has 0 radical (unpaired) electrons. The number of nitrogens with one attached hydrogen (secondary N) is 2. The number of H-pyrrole nitrogens is 1. The Morgan fingerprint density at radius 2 is 2.26 bits per heavy atom. The number of nitrogens with zero attached hydrogens (tertiary/aromatic N) is 4. The van der Waals surface area contributed by atoms with Gasteiger partial charge >= 0.3 is 0 Å². The van der Waals surface area contributed by atoms with E-state index in [2.05, 4.69) is 44.7 Å². The quantitative estimate of drug-likeness (QED) is 0.669. The molecule has 0 aromatic carbocycles. The van der Waals surface area contributed by atoms with Crippen molar-refractivity contribution in [2.45, 2.75) is 33.6 Å². The maximum Gasteiger partial charge on any atom is 0.234 e. The van der Waals surface area contributed by atoms with Crippen molar-refractivity contribution in [1.82, 2.24) is 30.8 Å². The lowest BCUT2D eigenvalue weighted by molar-refractivity contribution is -0.122. The first-order valence-electron chi connectivity index (χ1n) is 6.83. The molecule has 0 spiro atoms. The second kappa shape index (κ2) is 8.58. The zero-order valence-corrected chi connectivity index (χ0v) is 12.0. The molecule has 0 aliphatic rings. The summed E-state index contributed by atoms with van der Waals surface area (Å²) in [5.41, 5.74) is 0. The summed E-state index contributed by atoms with van der Waals surface area (Å²) in [5, 5.41) is 16.7. The van der Waals surface area contributed by atoms with E-state index >= 15 is 0 Å². The van der Waals surface area contributed by atoms with E-state index in [0.717, 1.165) is 26.1 Å². The Balaban J connectivity index is 2.39. The largest absolute Gasteiger partial charge is 0.355 e. The standard InChI is InChI=1S/C12H24N6O/c1-4-6-13-12(19)9-18(8-10(2)3)7-5-11-14-16-17-15-11/h10H,4-9H2,1-3H3,(H,13,19)(H,14,15,16,17). The highest BCUT2D eigenvalue weighted by atomic mass is 16.2. The van der Waals surface area contributed by atoms with Crippen LogP contribution in [0.25, 0.3) is 0 Å². The molecule has 0 bridgehead atoms. The Bertz CT molecular complexity index is 351. The summed E-state index contributed by atoms with van der Waals surface area (Å²) in [4.78, 5) is 13.9. The number of aromatic amines is 1. The van der Waals surface area contributed by atoms with Gasteiger partial charge in [-0.2, -0.15) is 5.21 Å². The van der Waals surface area contributed by atoms with Gasteiger partial charge in [-0.05, 0) is 12.3 Å². The summed E-state index contributed by atoms with van der Waals surface area (Å²) in [6.45, 7) is 9.14. The fourth-order valence-corrected chi connectivity index (χ4v) is 1.82. The molecule has 7 heteroatoms. The lowest BCUT2D eigenvalue weighted by Gasteiger charge is -2.23. The van der Waals surface area contributed by atoms with Crippen molar-refractivity contribution in [3.63, 3.8) is 0 Å². The molecule has 1 aromatic heterocycles. The van der Waals surface area contributed by atoms with Crippen LogP contribution >= 0.6 is 0 Å². The third-order valence-electron chi connectivity index (χ3n) is 2.60. The van der Waals surface area contributed by atoms with E-state index in [1.54, 1.807) is 0 Å². The topological polar surface area (TPSA) is 86.8 Å². The third kappa shape index (κ3) is 6.85. The molecule has 7 nitrogen and oxygen atoms in total. The van der Waals surface area contributed by atoms with Gasteiger partial charge in [0.05, 0.1) is 6.54 Å². The molecule has 0 aliphatic carbocycles. The Labute approximate surface area is 114 Å². The molecular formula is C12H24N6O. The maximum atomic E-state index is 11.8. The molecule has 0 aliphatic heterocycles. The minimum Gasteiger partial charge on any atom is -0.355 e. The predicted molar refractivity (Wildman–Crippen MR) is 72.5 cm³/mol. The van der Waals surface area contributed by atoms with Crippen molar-refractivity contribution in [2.75, 3.05) is 26.2 Å². The van der Waals surface area contributed by atoms with E-state index < -0.39 is 0 Å². The number of amides is 1. The Hall–Kier alpha value is -1.50. The first kappa shape index (κ1) is 15.6. The van der Waals surface area contributed by atoms with Crippen molar-refractivity contribution < 1.29 is 4.79 Å². The van der Waals surface area contributed by atoms with E-state index in [9.17, 15) is 4.79 Å². The van der Waals surface area contributed by atoms with Crippen molar-refractivity contribution in [2.24, 2.45) is 5.92 Å². The normalized spacial score (nSPS) is 11.2. The summed E-state index contributed by atoms with van der Waals surface area (Å²) < 4.78 is 0. The maximum absolute atomic E-state index is 11.8. The van der Waals surface area contributed by atoms with Crippen LogP contribution in [-0.2, 0) is 11.2 Å². The van der Waals surface area contributed by atoms with Crippen molar-refractivity contribution in [3.8, 4) is 0 Å². The minimum absolute atomic E-state index is 0.0793.